The van der Waals surface area contributed by atoms with Gasteiger partial charge in [-0.1, -0.05) is 0 Å². The van der Waals surface area contributed by atoms with Crippen LogP contribution in [0, 0.1) is 0 Å². The van der Waals surface area contributed by atoms with E-state index in [1.165, 1.54) is 4.57 Å². The molecule has 2 N–H and O–H groups in total. The molecule has 0 radical (unpaired) electrons. The maximum Gasteiger partial charge on any atom is 0.349 e. The summed E-state index contributed by atoms with van der Waals surface area (Å²) >= 11 is 0. The molecule has 0 saturated carbocycles. The third-order valence-corrected chi connectivity index (χ3v) is 2.87. The Balaban J connectivity index is 1.90. The van der Waals surface area contributed by atoms with Crippen LogP contribution in [0.15, 0.2) is 17.1 Å². The molecule has 0 spiro atoms. The maximum absolute atomic E-state index is 11.6. The molecule has 0 amide bonds. The van der Waals surface area contributed by atoms with Crippen molar-refractivity contribution in [3.8, 4) is 0 Å². The van der Waals surface area contributed by atoms with E-state index in [0.717, 1.165) is 25.9 Å². The predicted octanol–water partition coefficient (Wildman–Crippen LogP) is 0.757. The van der Waals surface area contributed by atoms with Gasteiger partial charge in [0.1, 0.15) is 5.82 Å². The number of aromatic nitrogens is 2. The number of nitrogens with zero attached hydrogens (tertiary/aromatic N) is 2. The molecular formula is C12H19N3O3. The Morgan fingerprint density at radius 3 is 3.17 bits per heavy atom. The summed E-state index contributed by atoms with van der Waals surface area (Å²) in [6.07, 6.45) is 4.52. The summed E-state index contributed by atoms with van der Waals surface area (Å²) in [4.78, 5) is 15.2. The van der Waals surface area contributed by atoms with Crippen LogP contribution in [0.3, 0.4) is 0 Å². The van der Waals surface area contributed by atoms with Crippen LogP contribution in [0.2, 0.25) is 0 Å². The molecule has 6 nitrogen and oxygen atoms in total. The van der Waals surface area contributed by atoms with Gasteiger partial charge in [-0.05, 0) is 32.3 Å². The molecule has 1 aliphatic heterocycles. The predicted molar refractivity (Wildman–Crippen MR) is 67.0 cm³/mol. The first kappa shape index (κ1) is 13.0. The van der Waals surface area contributed by atoms with Gasteiger partial charge in [-0.25, -0.2) is 4.79 Å². The van der Waals surface area contributed by atoms with Gasteiger partial charge in [-0.2, -0.15) is 4.98 Å². The summed E-state index contributed by atoms with van der Waals surface area (Å²) in [5.41, 5.74) is 5.08. The molecular weight excluding hydrogens is 234 g/mol. The molecule has 0 aliphatic carbocycles. The second kappa shape index (κ2) is 5.97. The Kier molecular flexibility index (Phi) is 4.33. The summed E-state index contributed by atoms with van der Waals surface area (Å²) in [7, 11) is 0. The topological polar surface area (TPSA) is 79.4 Å². The summed E-state index contributed by atoms with van der Waals surface area (Å²) < 4.78 is 12.7. The van der Waals surface area contributed by atoms with Gasteiger partial charge in [0.05, 0.1) is 12.6 Å². The van der Waals surface area contributed by atoms with E-state index in [2.05, 4.69) is 4.98 Å². The monoisotopic (exact) mass is 253 g/mol. The lowest BCUT2D eigenvalue weighted by molar-refractivity contribution is -0.186. The SMILES string of the molecule is CC(Cn1ccc(N)nc1=O)OC1CCCCO1. The van der Waals surface area contributed by atoms with E-state index in [1.54, 1.807) is 12.3 Å². The number of rotatable bonds is 4. The smallest absolute Gasteiger partial charge is 0.349 e. The Bertz CT molecular complexity index is 440. The van der Waals surface area contributed by atoms with E-state index in [9.17, 15) is 4.79 Å². The first-order valence-corrected chi connectivity index (χ1v) is 6.25. The minimum Gasteiger partial charge on any atom is -0.383 e. The lowest BCUT2D eigenvalue weighted by Gasteiger charge is -2.26. The summed E-state index contributed by atoms with van der Waals surface area (Å²) in [5.74, 6) is 0.237. The summed E-state index contributed by atoms with van der Waals surface area (Å²) in [6.45, 7) is 3.12. The summed E-state index contributed by atoms with van der Waals surface area (Å²) in [6, 6.07) is 1.60. The first-order chi connectivity index (χ1) is 8.65. The van der Waals surface area contributed by atoms with Crippen LogP contribution in [0.4, 0.5) is 5.82 Å². The van der Waals surface area contributed by atoms with Gasteiger partial charge in [-0.3, -0.25) is 4.57 Å². The number of ether oxygens (including phenoxy) is 2. The molecule has 1 fully saturated rings. The van der Waals surface area contributed by atoms with E-state index < -0.39 is 0 Å². The summed E-state index contributed by atoms with van der Waals surface area (Å²) in [5, 5.41) is 0. The Labute approximate surface area is 106 Å². The number of nitrogen functional groups attached to an aromatic ring is 1. The van der Waals surface area contributed by atoms with Crippen molar-refractivity contribution in [3.63, 3.8) is 0 Å². The number of nitrogens with two attached hydrogens (primary N) is 1. The van der Waals surface area contributed by atoms with Crippen LogP contribution in [0.1, 0.15) is 26.2 Å². The van der Waals surface area contributed by atoms with E-state index in [-0.39, 0.29) is 23.9 Å². The van der Waals surface area contributed by atoms with Crippen molar-refractivity contribution in [3.05, 3.63) is 22.7 Å². The van der Waals surface area contributed by atoms with Gasteiger partial charge in [0.2, 0.25) is 0 Å². The molecule has 18 heavy (non-hydrogen) atoms. The minimum atomic E-state index is -0.352. The Morgan fingerprint density at radius 2 is 2.50 bits per heavy atom. The quantitative estimate of drug-likeness (QED) is 0.856. The van der Waals surface area contributed by atoms with Crippen LogP contribution in [0.5, 0.6) is 0 Å². The lowest BCUT2D eigenvalue weighted by Crippen LogP contribution is -2.32. The molecule has 1 aliphatic rings. The van der Waals surface area contributed by atoms with Crippen molar-refractivity contribution in [1.82, 2.24) is 9.55 Å². The number of anilines is 1. The van der Waals surface area contributed by atoms with Gasteiger partial charge >= 0.3 is 5.69 Å². The third kappa shape index (κ3) is 3.54. The normalized spacial score (nSPS) is 21.7. The second-order valence-electron chi connectivity index (χ2n) is 4.53. The molecule has 2 rings (SSSR count). The lowest BCUT2D eigenvalue weighted by atomic mass is 10.2. The van der Waals surface area contributed by atoms with Gasteiger partial charge in [0, 0.05) is 12.8 Å². The van der Waals surface area contributed by atoms with Crippen molar-refractivity contribution >= 4 is 5.82 Å². The van der Waals surface area contributed by atoms with E-state index >= 15 is 0 Å². The van der Waals surface area contributed by atoms with Crippen molar-refractivity contribution in [2.75, 3.05) is 12.3 Å². The van der Waals surface area contributed by atoms with Crippen LogP contribution >= 0.6 is 0 Å². The maximum atomic E-state index is 11.6. The van der Waals surface area contributed by atoms with Crippen LogP contribution in [0.25, 0.3) is 0 Å². The number of hydrogen-bond donors (Lipinski definition) is 1. The zero-order valence-electron chi connectivity index (χ0n) is 10.5. The average Bonchev–Trinajstić information content (AvgIpc) is 2.34. The van der Waals surface area contributed by atoms with Crippen LogP contribution < -0.4 is 11.4 Å². The molecule has 0 aromatic carbocycles. The molecule has 1 saturated heterocycles. The fraction of sp³-hybridized carbons (Fsp3) is 0.667. The zero-order chi connectivity index (χ0) is 13.0. The third-order valence-electron chi connectivity index (χ3n) is 2.87. The molecule has 1 aromatic heterocycles. The highest BCUT2D eigenvalue weighted by Crippen LogP contribution is 2.15. The van der Waals surface area contributed by atoms with Crippen LogP contribution in [-0.2, 0) is 16.0 Å². The van der Waals surface area contributed by atoms with Gasteiger partial charge in [0.15, 0.2) is 6.29 Å². The van der Waals surface area contributed by atoms with Crippen molar-refractivity contribution in [2.24, 2.45) is 0 Å². The fourth-order valence-electron chi connectivity index (χ4n) is 1.98. The minimum absolute atomic E-state index is 0.101. The molecule has 100 valence electrons. The molecule has 2 atom stereocenters. The number of hydrogen-bond acceptors (Lipinski definition) is 5. The Morgan fingerprint density at radius 1 is 1.67 bits per heavy atom. The van der Waals surface area contributed by atoms with E-state index in [0.29, 0.717) is 6.54 Å². The molecule has 1 aromatic rings. The molecule has 2 heterocycles. The standard InChI is InChI=1S/C12H19N3O3/c1-9(18-11-4-2-3-7-17-11)8-15-6-5-10(13)14-12(15)16/h5-6,9,11H,2-4,7-8H2,1H3,(H2,13,14,16). The van der Waals surface area contributed by atoms with Crippen molar-refractivity contribution in [1.29, 1.82) is 0 Å². The highest BCUT2D eigenvalue weighted by Gasteiger charge is 2.17. The first-order valence-electron chi connectivity index (χ1n) is 6.25. The van der Waals surface area contributed by atoms with Gasteiger partial charge in [-0.15, -0.1) is 0 Å². The van der Waals surface area contributed by atoms with E-state index in [4.69, 9.17) is 15.2 Å². The fourth-order valence-corrected chi connectivity index (χ4v) is 1.98. The van der Waals surface area contributed by atoms with Crippen LogP contribution in [-0.4, -0.2) is 28.6 Å². The second-order valence-corrected chi connectivity index (χ2v) is 4.53. The molecule has 0 bridgehead atoms. The molecule has 2 unspecified atom stereocenters. The van der Waals surface area contributed by atoms with E-state index in [1.807, 2.05) is 6.92 Å². The average molecular weight is 253 g/mol. The van der Waals surface area contributed by atoms with Crippen molar-refractivity contribution < 1.29 is 9.47 Å². The highest BCUT2D eigenvalue weighted by atomic mass is 16.7. The Hall–Kier alpha value is -1.40. The largest absolute Gasteiger partial charge is 0.383 e. The molecule has 6 heteroatoms. The highest BCUT2D eigenvalue weighted by molar-refractivity contribution is 5.23. The van der Waals surface area contributed by atoms with Crippen molar-refractivity contribution in [2.45, 2.75) is 45.1 Å². The van der Waals surface area contributed by atoms with Gasteiger partial charge in [0.25, 0.3) is 0 Å². The zero-order valence-corrected chi connectivity index (χ0v) is 10.5. The van der Waals surface area contributed by atoms with Gasteiger partial charge < -0.3 is 15.2 Å².